The number of benzene rings is 1. The smallest absolute Gasteiger partial charge is 0.414 e. The summed E-state index contributed by atoms with van der Waals surface area (Å²) < 4.78 is 5.43. The Morgan fingerprint density at radius 1 is 0.966 bits per heavy atom. The van der Waals surface area contributed by atoms with E-state index in [1.165, 1.54) is 75.0 Å². The summed E-state index contributed by atoms with van der Waals surface area (Å²) in [5.74, 6) is -2.64. The van der Waals surface area contributed by atoms with E-state index in [9.17, 15) is 0 Å². The van der Waals surface area contributed by atoms with Crippen molar-refractivity contribution >= 4 is 11.9 Å². The van der Waals surface area contributed by atoms with Crippen LogP contribution in [0.2, 0.25) is 0 Å². The van der Waals surface area contributed by atoms with Crippen molar-refractivity contribution in [1.82, 2.24) is 9.80 Å². The third-order valence-electron chi connectivity index (χ3n) is 5.89. The zero-order valence-corrected chi connectivity index (χ0v) is 17.8. The van der Waals surface area contributed by atoms with Gasteiger partial charge in [-0.2, -0.15) is 0 Å². The quantitative estimate of drug-likeness (QED) is 0.743. The van der Waals surface area contributed by atoms with Gasteiger partial charge in [-0.1, -0.05) is 12.5 Å². The van der Waals surface area contributed by atoms with Crippen LogP contribution in [0.25, 0.3) is 0 Å². The van der Waals surface area contributed by atoms with Gasteiger partial charge in [-0.05, 0) is 88.5 Å². The maximum atomic E-state index is 9.10. The first-order valence-electron chi connectivity index (χ1n) is 10.4. The number of ether oxygens (including phenoxy) is 1. The molecular formula is C22H34N2O5. The summed E-state index contributed by atoms with van der Waals surface area (Å²) in [6, 6.07) is 5.33. The molecule has 0 radical (unpaired) electrons. The molecule has 7 nitrogen and oxygen atoms in total. The van der Waals surface area contributed by atoms with Gasteiger partial charge in [0, 0.05) is 12.6 Å². The Morgan fingerprint density at radius 2 is 1.55 bits per heavy atom. The van der Waals surface area contributed by atoms with Crippen LogP contribution in [0.1, 0.15) is 48.8 Å². The highest BCUT2D eigenvalue weighted by Crippen LogP contribution is 2.26. The van der Waals surface area contributed by atoms with Crippen molar-refractivity contribution in [3.05, 3.63) is 28.8 Å². The lowest BCUT2D eigenvalue weighted by Gasteiger charge is -2.40. The van der Waals surface area contributed by atoms with Crippen molar-refractivity contribution < 1.29 is 24.5 Å². The van der Waals surface area contributed by atoms with E-state index in [2.05, 4.69) is 35.8 Å². The third kappa shape index (κ3) is 7.01. The minimum atomic E-state index is -1.82. The fourth-order valence-electron chi connectivity index (χ4n) is 4.21. The zero-order valence-electron chi connectivity index (χ0n) is 17.8. The predicted octanol–water partition coefficient (Wildman–Crippen LogP) is 2.92. The van der Waals surface area contributed by atoms with Crippen LogP contribution < -0.4 is 4.74 Å². The molecule has 3 rings (SSSR count). The average molecular weight is 407 g/mol. The summed E-state index contributed by atoms with van der Waals surface area (Å²) in [6.45, 7) is 10.6. The van der Waals surface area contributed by atoms with Gasteiger partial charge < -0.3 is 19.8 Å². The van der Waals surface area contributed by atoms with Gasteiger partial charge in [-0.3, -0.25) is 4.90 Å². The minimum Gasteiger partial charge on any atom is -0.496 e. The first kappa shape index (κ1) is 23.2. The summed E-state index contributed by atoms with van der Waals surface area (Å²) in [5, 5.41) is 14.8. The Kier molecular flexibility index (Phi) is 8.92. The van der Waals surface area contributed by atoms with Crippen molar-refractivity contribution in [3.63, 3.8) is 0 Å². The van der Waals surface area contributed by atoms with Gasteiger partial charge in [0.05, 0.1) is 7.11 Å². The van der Waals surface area contributed by atoms with Crippen LogP contribution in [-0.2, 0) is 16.1 Å². The SMILES string of the molecule is COc1cc(C)c(CN2CCC(N3CCCCC3)CC2)cc1C.O=C(O)C(=O)O. The molecule has 0 amide bonds. The Hall–Kier alpha value is -2.12. The molecule has 2 fully saturated rings. The molecule has 162 valence electrons. The minimum absolute atomic E-state index is 0.838. The molecule has 2 heterocycles. The molecule has 7 heteroatoms. The van der Waals surface area contributed by atoms with Gasteiger partial charge in [0.1, 0.15) is 5.75 Å². The van der Waals surface area contributed by atoms with Crippen LogP contribution in [0.5, 0.6) is 5.75 Å². The molecule has 0 saturated carbocycles. The number of carboxylic acids is 2. The van der Waals surface area contributed by atoms with E-state index in [-0.39, 0.29) is 0 Å². The van der Waals surface area contributed by atoms with E-state index in [1.807, 2.05) is 0 Å². The number of likely N-dealkylation sites (tertiary alicyclic amines) is 2. The van der Waals surface area contributed by atoms with Crippen LogP contribution in [0, 0.1) is 13.8 Å². The van der Waals surface area contributed by atoms with E-state index < -0.39 is 11.9 Å². The second-order valence-electron chi connectivity index (χ2n) is 7.96. The topological polar surface area (TPSA) is 90.3 Å². The summed E-state index contributed by atoms with van der Waals surface area (Å²) in [4.78, 5) is 23.6. The molecule has 1 aromatic carbocycles. The van der Waals surface area contributed by atoms with Crippen molar-refractivity contribution in [2.45, 2.75) is 58.5 Å². The lowest BCUT2D eigenvalue weighted by molar-refractivity contribution is -0.159. The highest BCUT2D eigenvalue weighted by atomic mass is 16.5. The van der Waals surface area contributed by atoms with Crippen LogP contribution in [0.3, 0.4) is 0 Å². The van der Waals surface area contributed by atoms with Crippen LogP contribution in [0.15, 0.2) is 12.1 Å². The lowest BCUT2D eigenvalue weighted by Crippen LogP contribution is -2.46. The second-order valence-corrected chi connectivity index (χ2v) is 7.96. The molecule has 2 aliphatic heterocycles. The molecule has 0 unspecified atom stereocenters. The summed E-state index contributed by atoms with van der Waals surface area (Å²) in [5.41, 5.74) is 4.06. The average Bonchev–Trinajstić information content (AvgIpc) is 2.72. The molecular weight excluding hydrogens is 372 g/mol. The van der Waals surface area contributed by atoms with Crippen molar-refractivity contribution in [2.75, 3.05) is 33.3 Å². The van der Waals surface area contributed by atoms with Gasteiger partial charge in [-0.25, -0.2) is 9.59 Å². The number of hydrogen-bond acceptors (Lipinski definition) is 5. The van der Waals surface area contributed by atoms with Gasteiger partial charge >= 0.3 is 11.9 Å². The Bertz CT molecular complexity index is 681. The van der Waals surface area contributed by atoms with Crippen molar-refractivity contribution in [3.8, 4) is 5.75 Å². The lowest BCUT2D eigenvalue weighted by atomic mass is 9.98. The van der Waals surface area contributed by atoms with E-state index in [0.717, 1.165) is 18.3 Å². The Balaban J connectivity index is 0.000000438. The van der Waals surface area contributed by atoms with Gasteiger partial charge in [0.25, 0.3) is 0 Å². The molecule has 29 heavy (non-hydrogen) atoms. The molecule has 0 spiro atoms. The Morgan fingerprint density at radius 3 is 2.07 bits per heavy atom. The normalized spacial score (nSPS) is 18.6. The highest BCUT2D eigenvalue weighted by molar-refractivity contribution is 6.27. The molecule has 1 aromatic rings. The van der Waals surface area contributed by atoms with Crippen LogP contribution >= 0.6 is 0 Å². The van der Waals surface area contributed by atoms with E-state index in [0.29, 0.717) is 0 Å². The van der Waals surface area contributed by atoms with Gasteiger partial charge in [-0.15, -0.1) is 0 Å². The Labute approximate surface area is 173 Å². The number of aryl methyl sites for hydroxylation is 2. The monoisotopic (exact) mass is 406 g/mol. The summed E-state index contributed by atoms with van der Waals surface area (Å²) >= 11 is 0. The highest BCUT2D eigenvalue weighted by Gasteiger charge is 2.25. The summed E-state index contributed by atoms with van der Waals surface area (Å²) in [6.07, 6.45) is 6.93. The first-order valence-corrected chi connectivity index (χ1v) is 10.4. The predicted molar refractivity (Wildman–Crippen MR) is 111 cm³/mol. The first-order chi connectivity index (χ1) is 13.8. The van der Waals surface area contributed by atoms with E-state index >= 15 is 0 Å². The fraction of sp³-hybridized carbons (Fsp3) is 0.636. The molecule has 0 bridgehead atoms. The van der Waals surface area contributed by atoms with Crippen LogP contribution in [-0.4, -0.2) is 71.3 Å². The second kappa shape index (κ2) is 11.2. The number of carbonyl (C=O) groups is 2. The third-order valence-corrected chi connectivity index (χ3v) is 5.89. The molecule has 2 saturated heterocycles. The van der Waals surface area contributed by atoms with Gasteiger partial charge in [0.2, 0.25) is 0 Å². The van der Waals surface area contributed by atoms with Crippen LogP contribution in [0.4, 0.5) is 0 Å². The maximum Gasteiger partial charge on any atom is 0.414 e. The number of hydrogen-bond donors (Lipinski definition) is 2. The molecule has 0 atom stereocenters. The van der Waals surface area contributed by atoms with Gasteiger partial charge in [0.15, 0.2) is 0 Å². The number of piperidine rings is 2. The van der Waals surface area contributed by atoms with Crippen molar-refractivity contribution in [1.29, 1.82) is 0 Å². The fourth-order valence-corrected chi connectivity index (χ4v) is 4.21. The molecule has 2 N–H and O–H groups in total. The number of nitrogens with zero attached hydrogens (tertiary/aromatic N) is 2. The largest absolute Gasteiger partial charge is 0.496 e. The number of rotatable bonds is 4. The number of methoxy groups -OCH3 is 1. The molecule has 0 aliphatic carbocycles. The zero-order chi connectivity index (χ0) is 21.4. The van der Waals surface area contributed by atoms with E-state index in [1.54, 1.807) is 7.11 Å². The van der Waals surface area contributed by atoms with Crippen molar-refractivity contribution in [2.24, 2.45) is 0 Å². The summed E-state index contributed by atoms with van der Waals surface area (Å²) in [7, 11) is 1.76. The molecule has 0 aromatic heterocycles. The number of aliphatic carboxylic acids is 2. The maximum absolute atomic E-state index is 9.10. The number of carboxylic acid groups (broad SMARTS) is 2. The standard InChI is InChI=1S/C20H32N2O.C2H2O4/c1-16-14-20(23-3)17(2)13-18(16)15-21-11-7-19(8-12-21)22-9-5-4-6-10-22;3-1(4)2(5)6/h13-14,19H,4-12,15H2,1-3H3;(H,3,4)(H,5,6). The van der Waals surface area contributed by atoms with E-state index in [4.69, 9.17) is 24.5 Å². The molecule has 2 aliphatic rings.